The van der Waals surface area contributed by atoms with Crippen LogP contribution in [-0.2, 0) is 9.59 Å². The Morgan fingerprint density at radius 1 is 0.750 bits per heavy atom. The van der Waals surface area contributed by atoms with E-state index in [1.165, 1.54) is 0 Å². The number of rotatable bonds is 6. The Morgan fingerprint density at radius 3 is 1.46 bits per heavy atom. The quantitative estimate of drug-likeness (QED) is 0.714. The van der Waals surface area contributed by atoms with Gasteiger partial charge in [-0.1, -0.05) is 19.3 Å². The molecule has 0 aromatic heterocycles. The van der Waals surface area contributed by atoms with Crippen molar-refractivity contribution in [3.63, 3.8) is 0 Å². The van der Waals surface area contributed by atoms with E-state index < -0.39 is 42.7 Å². The second-order valence-corrected chi connectivity index (χ2v) is 6.20. The van der Waals surface area contributed by atoms with Crippen LogP contribution in [0.3, 0.4) is 0 Å². The van der Waals surface area contributed by atoms with Crippen LogP contribution in [0.5, 0.6) is 0 Å². The molecule has 1 saturated carbocycles. The first-order chi connectivity index (χ1) is 10.9. The van der Waals surface area contributed by atoms with Crippen LogP contribution in [0.2, 0.25) is 0 Å². The van der Waals surface area contributed by atoms with Crippen LogP contribution in [0.15, 0.2) is 0 Å². The molecule has 10 heteroatoms. The minimum absolute atomic E-state index is 0.303. The van der Waals surface area contributed by atoms with Crippen molar-refractivity contribution >= 4 is 11.8 Å². The molecule has 0 bridgehead atoms. The van der Waals surface area contributed by atoms with Gasteiger partial charge in [0, 0.05) is 12.8 Å². The topological polar surface area (TPSA) is 58.2 Å². The largest absolute Gasteiger partial charge is 0.405 e. The molecule has 0 aliphatic heterocycles. The highest BCUT2D eigenvalue weighted by molar-refractivity contribution is 5.80. The van der Waals surface area contributed by atoms with Crippen LogP contribution >= 0.6 is 0 Å². The minimum Gasteiger partial charge on any atom is -0.347 e. The predicted molar refractivity (Wildman–Crippen MR) is 72.9 cm³/mol. The SMILES string of the molecule is O=C(CC1(CC(=O)NCC(F)(F)F)CCCCC1)NCC(F)(F)F. The molecule has 0 heterocycles. The van der Waals surface area contributed by atoms with Gasteiger partial charge in [0.1, 0.15) is 13.1 Å². The van der Waals surface area contributed by atoms with E-state index in [1.54, 1.807) is 10.6 Å². The smallest absolute Gasteiger partial charge is 0.347 e. The molecule has 24 heavy (non-hydrogen) atoms. The third-order valence-corrected chi connectivity index (χ3v) is 3.96. The number of alkyl halides is 6. The summed E-state index contributed by atoms with van der Waals surface area (Å²) in [6.45, 7) is -2.94. The summed E-state index contributed by atoms with van der Waals surface area (Å²) in [6.07, 6.45) is -6.63. The van der Waals surface area contributed by atoms with Gasteiger partial charge in [-0.3, -0.25) is 9.59 Å². The lowest BCUT2D eigenvalue weighted by molar-refractivity contribution is -0.143. The molecule has 0 unspecified atom stereocenters. The van der Waals surface area contributed by atoms with Gasteiger partial charge in [-0.15, -0.1) is 0 Å². The molecule has 1 rings (SSSR count). The molecule has 0 spiro atoms. The summed E-state index contributed by atoms with van der Waals surface area (Å²) >= 11 is 0. The molecule has 140 valence electrons. The Kier molecular flexibility index (Phi) is 6.91. The fourth-order valence-corrected chi connectivity index (χ4v) is 2.92. The van der Waals surface area contributed by atoms with Crippen molar-refractivity contribution in [1.82, 2.24) is 10.6 Å². The summed E-state index contributed by atoms with van der Waals surface area (Å²) in [5.41, 5.74) is -0.885. The van der Waals surface area contributed by atoms with Crippen LogP contribution in [0.4, 0.5) is 26.3 Å². The Bertz CT molecular complexity index is 408. The van der Waals surface area contributed by atoms with Crippen molar-refractivity contribution in [3.8, 4) is 0 Å². The van der Waals surface area contributed by atoms with E-state index in [2.05, 4.69) is 0 Å². The van der Waals surface area contributed by atoms with E-state index in [0.29, 0.717) is 25.7 Å². The first-order valence-corrected chi connectivity index (χ1v) is 7.58. The molecule has 2 amide bonds. The average molecular weight is 362 g/mol. The van der Waals surface area contributed by atoms with Crippen molar-refractivity contribution < 1.29 is 35.9 Å². The standard InChI is InChI=1S/C14H20F6N2O2/c15-13(16,17)8-21-10(23)6-12(4-2-1-3-5-12)7-11(24)22-9-14(18,19)20/h1-9H2,(H,21,23)(H,22,24). The van der Waals surface area contributed by atoms with Gasteiger partial charge in [0.05, 0.1) is 0 Å². The molecule has 0 atom stereocenters. The number of hydrogen-bond acceptors (Lipinski definition) is 2. The maximum atomic E-state index is 12.1. The normalized spacial score (nSPS) is 18.1. The van der Waals surface area contributed by atoms with Crippen LogP contribution in [-0.4, -0.2) is 37.3 Å². The molecule has 0 saturated heterocycles. The van der Waals surface area contributed by atoms with E-state index in [-0.39, 0.29) is 12.8 Å². The monoisotopic (exact) mass is 362 g/mol. The Labute approximate surface area is 135 Å². The molecule has 1 fully saturated rings. The van der Waals surface area contributed by atoms with Crippen molar-refractivity contribution in [1.29, 1.82) is 0 Å². The number of carbonyl (C=O) groups excluding carboxylic acids is 2. The van der Waals surface area contributed by atoms with Gasteiger partial charge in [-0.25, -0.2) is 0 Å². The van der Waals surface area contributed by atoms with Gasteiger partial charge in [0.15, 0.2) is 0 Å². The Morgan fingerprint density at radius 2 is 1.12 bits per heavy atom. The van der Waals surface area contributed by atoms with Crippen molar-refractivity contribution in [2.75, 3.05) is 13.1 Å². The van der Waals surface area contributed by atoms with Gasteiger partial charge in [0.25, 0.3) is 0 Å². The summed E-state index contributed by atoms with van der Waals surface area (Å²) < 4.78 is 72.8. The molecule has 0 aromatic carbocycles. The summed E-state index contributed by atoms with van der Waals surface area (Å²) in [4.78, 5) is 23.5. The second-order valence-electron chi connectivity index (χ2n) is 6.20. The highest BCUT2D eigenvalue weighted by Crippen LogP contribution is 2.42. The van der Waals surface area contributed by atoms with Crippen LogP contribution in [0.25, 0.3) is 0 Å². The van der Waals surface area contributed by atoms with Gasteiger partial charge < -0.3 is 10.6 Å². The molecular weight excluding hydrogens is 342 g/mol. The second kappa shape index (κ2) is 8.06. The fourth-order valence-electron chi connectivity index (χ4n) is 2.92. The van der Waals surface area contributed by atoms with Crippen LogP contribution < -0.4 is 10.6 Å². The van der Waals surface area contributed by atoms with E-state index in [4.69, 9.17) is 0 Å². The maximum absolute atomic E-state index is 12.1. The zero-order chi connectivity index (χ0) is 18.4. The zero-order valence-electron chi connectivity index (χ0n) is 12.9. The third kappa shape index (κ3) is 8.39. The average Bonchev–Trinajstić information content (AvgIpc) is 2.42. The van der Waals surface area contributed by atoms with E-state index >= 15 is 0 Å². The molecule has 1 aliphatic rings. The first kappa shape index (κ1) is 20.6. The van der Waals surface area contributed by atoms with Crippen molar-refractivity contribution in [2.24, 2.45) is 5.41 Å². The van der Waals surface area contributed by atoms with E-state index in [9.17, 15) is 35.9 Å². The molecular formula is C14H20F6N2O2. The highest BCUT2D eigenvalue weighted by atomic mass is 19.4. The molecule has 0 radical (unpaired) electrons. The van der Waals surface area contributed by atoms with Crippen molar-refractivity contribution in [3.05, 3.63) is 0 Å². The van der Waals surface area contributed by atoms with E-state index in [1.807, 2.05) is 0 Å². The lowest BCUT2D eigenvalue weighted by Crippen LogP contribution is -2.41. The lowest BCUT2D eigenvalue weighted by atomic mass is 9.69. The van der Waals surface area contributed by atoms with E-state index in [0.717, 1.165) is 6.42 Å². The molecule has 0 aromatic rings. The maximum Gasteiger partial charge on any atom is 0.405 e. The summed E-state index contributed by atoms with van der Waals surface area (Å²) in [5, 5.41) is 3.50. The number of nitrogens with one attached hydrogen (secondary N) is 2. The summed E-state index contributed by atoms with van der Waals surface area (Å²) in [6, 6.07) is 0. The van der Waals surface area contributed by atoms with Crippen LogP contribution in [0.1, 0.15) is 44.9 Å². The van der Waals surface area contributed by atoms with Gasteiger partial charge in [-0.05, 0) is 18.3 Å². The van der Waals surface area contributed by atoms with Gasteiger partial charge in [-0.2, -0.15) is 26.3 Å². The molecule has 1 aliphatic carbocycles. The predicted octanol–water partition coefficient (Wildman–Crippen LogP) is 3.07. The minimum atomic E-state index is -4.54. The van der Waals surface area contributed by atoms with Gasteiger partial charge >= 0.3 is 12.4 Å². The van der Waals surface area contributed by atoms with Crippen molar-refractivity contribution in [2.45, 2.75) is 57.3 Å². The Hall–Kier alpha value is -1.48. The van der Waals surface area contributed by atoms with Crippen LogP contribution in [0, 0.1) is 5.41 Å². The Balaban J connectivity index is 2.62. The third-order valence-electron chi connectivity index (χ3n) is 3.96. The number of halogens is 6. The molecule has 4 nitrogen and oxygen atoms in total. The first-order valence-electron chi connectivity index (χ1n) is 7.58. The number of amides is 2. The lowest BCUT2D eigenvalue weighted by Gasteiger charge is -2.36. The fraction of sp³-hybridized carbons (Fsp3) is 0.857. The zero-order valence-corrected chi connectivity index (χ0v) is 12.9. The summed E-state index contributed by atoms with van der Waals surface area (Å²) in [7, 11) is 0. The highest BCUT2D eigenvalue weighted by Gasteiger charge is 2.38. The number of carbonyl (C=O) groups is 2. The summed E-state index contributed by atoms with van der Waals surface area (Å²) in [5.74, 6) is -1.70. The van der Waals surface area contributed by atoms with Gasteiger partial charge in [0.2, 0.25) is 11.8 Å². The molecule has 2 N–H and O–H groups in total. The number of hydrogen-bond donors (Lipinski definition) is 2.